The highest BCUT2D eigenvalue weighted by molar-refractivity contribution is 5.14. The predicted octanol–water partition coefficient (Wildman–Crippen LogP) is 2.56. The maximum Gasteiger partial charge on any atom is 0.137 e. The first-order valence-corrected chi connectivity index (χ1v) is 8.91. The van der Waals surface area contributed by atoms with Crippen molar-refractivity contribution in [2.75, 3.05) is 13.1 Å². The fraction of sp³-hybridized carbons (Fsp3) is 0.611. The van der Waals surface area contributed by atoms with Crippen molar-refractivity contribution in [1.29, 1.82) is 0 Å². The van der Waals surface area contributed by atoms with Gasteiger partial charge in [-0.15, -0.1) is 10.2 Å². The van der Waals surface area contributed by atoms with Gasteiger partial charge in [0.05, 0.1) is 5.69 Å². The van der Waals surface area contributed by atoms with Gasteiger partial charge in [-0.25, -0.2) is 0 Å². The van der Waals surface area contributed by atoms with Crippen LogP contribution in [0.15, 0.2) is 18.3 Å². The lowest BCUT2D eigenvalue weighted by molar-refractivity contribution is 0.192. The third-order valence-electron chi connectivity index (χ3n) is 5.19. The first-order valence-electron chi connectivity index (χ1n) is 8.91. The van der Waals surface area contributed by atoms with Crippen LogP contribution in [0.4, 0.5) is 0 Å². The summed E-state index contributed by atoms with van der Waals surface area (Å²) in [6, 6.07) is 4.38. The highest BCUT2D eigenvalue weighted by Gasteiger charge is 2.28. The normalized spacial score (nSPS) is 21.5. The van der Waals surface area contributed by atoms with Gasteiger partial charge in [0.25, 0.3) is 0 Å². The van der Waals surface area contributed by atoms with Gasteiger partial charge >= 0.3 is 0 Å². The van der Waals surface area contributed by atoms with Crippen LogP contribution in [0.3, 0.4) is 0 Å². The second-order valence-corrected chi connectivity index (χ2v) is 6.82. The average Bonchev–Trinajstić information content (AvgIpc) is 3.19. The maximum atomic E-state index is 4.61. The third-order valence-corrected chi connectivity index (χ3v) is 5.19. The highest BCUT2D eigenvalue weighted by atomic mass is 15.3. The summed E-state index contributed by atoms with van der Waals surface area (Å²) in [7, 11) is 0. The number of pyridine rings is 1. The van der Waals surface area contributed by atoms with Crippen LogP contribution in [0.25, 0.3) is 0 Å². The molecule has 0 radical (unpaired) electrons. The molecule has 0 N–H and O–H groups in total. The van der Waals surface area contributed by atoms with Gasteiger partial charge in [0, 0.05) is 38.2 Å². The van der Waals surface area contributed by atoms with Crippen LogP contribution >= 0.6 is 0 Å². The molecule has 2 aromatic heterocycles. The van der Waals surface area contributed by atoms with Crippen molar-refractivity contribution < 1.29 is 0 Å². The van der Waals surface area contributed by atoms with Gasteiger partial charge in [-0.1, -0.05) is 13.0 Å². The zero-order chi connectivity index (χ0) is 15.6. The quantitative estimate of drug-likeness (QED) is 0.870. The van der Waals surface area contributed by atoms with Gasteiger partial charge in [-0.3, -0.25) is 9.88 Å². The number of hydrogen-bond acceptors (Lipinski definition) is 4. The average molecular weight is 311 g/mol. The molecule has 5 heteroatoms. The van der Waals surface area contributed by atoms with E-state index in [1.54, 1.807) is 0 Å². The van der Waals surface area contributed by atoms with Crippen molar-refractivity contribution >= 4 is 0 Å². The molecule has 2 aliphatic heterocycles. The number of piperidine rings is 1. The standard InChI is InChI=1S/C18H25N5/c1-2-14-7-8-16(19-11-14)13-22-9-3-5-15(12-22)18-21-20-17-6-4-10-23(17)18/h7-8,11,15H,2-6,9-10,12-13H2,1H3. The summed E-state index contributed by atoms with van der Waals surface area (Å²) in [5, 5.41) is 8.88. The molecule has 5 nitrogen and oxygen atoms in total. The third kappa shape index (κ3) is 3.02. The van der Waals surface area contributed by atoms with E-state index in [-0.39, 0.29) is 0 Å². The Morgan fingerprint density at radius 2 is 2.13 bits per heavy atom. The summed E-state index contributed by atoms with van der Waals surface area (Å²) >= 11 is 0. The lowest BCUT2D eigenvalue weighted by atomic mass is 9.97. The number of rotatable bonds is 4. The Morgan fingerprint density at radius 3 is 2.96 bits per heavy atom. The van der Waals surface area contributed by atoms with E-state index in [0.29, 0.717) is 5.92 Å². The zero-order valence-electron chi connectivity index (χ0n) is 13.9. The summed E-state index contributed by atoms with van der Waals surface area (Å²) in [6.07, 6.45) is 7.86. The molecule has 2 aromatic rings. The largest absolute Gasteiger partial charge is 0.315 e. The van der Waals surface area contributed by atoms with Gasteiger partial charge in [-0.05, 0) is 43.9 Å². The van der Waals surface area contributed by atoms with E-state index in [9.17, 15) is 0 Å². The van der Waals surface area contributed by atoms with Gasteiger partial charge in [0.1, 0.15) is 11.6 Å². The minimum Gasteiger partial charge on any atom is -0.315 e. The SMILES string of the molecule is CCc1ccc(CN2CCCC(c3nnc4n3CCC4)C2)nc1. The molecule has 0 spiro atoms. The molecule has 4 rings (SSSR count). The van der Waals surface area contributed by atoms with Crippen molar-refractivity contribution in [3.63, 3.8) is 0 Å². The van der Waals surface area contributed by atoms with Crippen molar-refractivity contribution in [2.45, 2.75) is 58.0 Å². The molecular formula is C18H25N5. The van der Waals surface area contributed by atoms with Crippen LogP contribution in [0, 0.1) is 0 Å². The predicted molar refractivity (Wildman–Crippen MR) is 89.2 cm³/mol. The van der Waals surface area contributed by atoms with E-state index in [4.69, 9.17) is 0 Å². The number of nitrogens with zero attached hydrogens (tertiary/aromatic N) is 5. The van der Waals surface area contributed by atoms with Gasteiger partial charge in [0.2, 0.25) is 0 Å². The van der Waals surface area contributed by atoms with Crippen LogP contribution in [0.5, 0.6) is 0 Å². The van der Waals surface area contributed by atoms with E-state index in [1.165, 1.54) is 42.2 Å². The summed E-state index contributed by atoms with van der Waals surface area (Å²) in [5.74, 6) is 2.93. The Labute approximate surface area is 137 Å². The molecule has 1 saturated heterocycles. The van der Waals surface area contributed by atoms with Crippen molar-refractivity contribution in [3.8, 4) is 0 Å². The molecule has 23 heavy (non-hydrogen) atoms. The zero-order valence-corrected chi connectivity index (χ0v) is 13.9. The van der Waals surface area contributed by atoms with Crippen LogP contribution in [0.2, 0.25) is 0 Å². The first-order chi connectivity index (χ1) is 11.3. The number of fused-ring (bicyclic) bond motifs is 1. The fourth-order valence-corrected chi connectivity index (χ4v) is 3.87. The maximum absolute atomic E-state index is 4.61. The first kappa shape index (κ1) is 14.8. The molecule has 1 atom stereocenters. The van der Waals surface area contributed by atoms with Crippen LogP contribution in [-0.2, 0) is 25.9 Å². The number of hydrogen-bond donors (Lipinski definition) is 0. The Bertz CT molecular complexity index is 661. The monoisotopic (exact) mass is 311 g/mol. The van der Waals surface area contributed by atoms with Crippen LogP contribution in [0.1, 0.15) is 55.0 Å². The molecule has 0 amide bonds. The Hall–Kier alpha value is -1.75. The minimum absolute atomic E-state index is 0.526. The van der Waals surface area contributed by atoms with Crippen LogP contribution < -0.4 is 0 Å². The summed E-state index contributed by atoms with van der Waals surface area (Å²) in [6.45, 7) is 6.46. The van der Waals surface area contributed by atoms with Gasteiger partial charge < -0.3 is 4.57 Å². The number of likely N-dealkylation sites (tertiary alicyclic amines) is 1. The Balaban J connectivity index is 1.44. The molecule has 4 heterocycles. The molecular weight excluding hydrogens is 286 g/mol. The van der Waals surface area contributed by atoms with Gasteiger partial charge in [-0.2, -0.15) is 0 Å². The molecule has 2 aliphatic rings. The lowest BCUT2D eigenvalue weighted by Gasteiger charge is -2.32. The van der Waals surface area contributed by atoms with Crippen LogP contribution in [-0.4, -0.2) is 37.7 Å². The topological polar surface area (TPSA) is 46.8 Å². The van der Waals surface area contributed by atoms with Crippen molar-refractivity contribution in [3.05, 3.63) is 41.2 Å². The molecule has 0 aromatic carbocycles. The molecule has 1 unspecified atom stereocenters. The van der Waals surface area contributed by atoms with E-state index in [2.05, 4.69) is 43.7 Å². The lowest BCUT2D eigenvalue weighted by Crippen LogP contribution is -2.35. The second kappa shape index (κ2) is 6.40. The molecule has 0 aliphatic carbocycles. The van der Waals surface area contributed by atoms with Crippen molar-refractivity contribution in [2.24, 2.45) is 0 Å². The molecule has 1 fully saturated rings. The van der Waals surface area contributed by atoms with E-state index < -0.39 is 0 Å². The Morgan fingerprint density at radius 1 is 1.17 bits per heavy atom. The minimum atomic E-state index is 0.526. The molecule has 122 valence electrons. The second-order valence-electron chi connectivity index (χ2n) is 6.82. The summed E-state index contributed by atoms with van der Waals surface area (Å²) < 4.78 is 2.36. The van der Waals surface area contributed by atoms with Gasteiger partial charge in [0.15, 0.2) is 0 Å². The highest BCUT2D eigenvalue weighted by Crippen LogP contribution is 2.28. The number of aryl methyl sites for hydroxylation is 2. The molecule has 0 bridgehead atoms. The number of aromatic nitrogens is 4. The fourth-order valence-electron chi connectivity index (χ4n) is 3.87. The van der Waals surface area contributed by atoms with E-state index in [1.807, 2.05) is 6.20 Å². The summed E-state index contributed by atoms with van der Waals surface area (Å²) in [4.78, 5) is 7.14. The molecule has 0 saturated carbocycles. The van der Waals surface area contributed by atoms with E-state index >= 15 is 0 Å². The van der Waals surface area contributed by atoms with E-state index in [0.717, 1.165) is 39.0 Å². The summed E-state index contributed by atoms with van der Waals surface area (Å²) in [5.41, 5.74) is 2.48. The Kier molecular flexibility index (Phi) is 4.12. The smallest absolute Gasteiger partial charge is 0.137 e. The van der Waals surface area contributed by atoms with Crippen molar-refractivity contribution in [1.82, 2.24) is 24.6 Å².